The van der Waals surface area contributed by atoms with Crippen LogP contribution in [0.2, 0.25) is 0 Å². The highest BCUT2D eigenvalue weighted by Gasteiger charge is 2.15. The van der Waals surface area contributed by atoms with Gasteiger partial charge < -0.3 is 15.2 Å². The molecule has 0 saturated heterocycles. The number of hydrogen-bond donors (Lipinski definition) is 2. The molecule has 1 aromatic carbocycles. The molecule has 1 atom stereocenters. The molecule has 0 heterocycles. The molecule has 2 N–H and O–H groups in total. The Kier molecular flexibility index (Phi) is 6.69. The molecule has 0 amide bonds. The molecule has 0 radical (unpaired) electrons. The van der Waals surface area contributed by atoms with Crippen molar-refractivity contribution in [2.45, 2.75) is 31.6 Å². The van der Waals surface area contributed by atoms with Crippen LogP contribution in [0.3, 0.4) is 0 Å². The predicted octanol–water partition coefficient (Wildman–Crippen LogP) is 2.47. The van der Waals surface area contributed by atoms with E-state index in [0.717, 1.165) is 12.3 Å². The summed E-state index contributed by atoms with van der Waals surface area (Å²) < 4.78 is 5.73. The second-order valence-electron chi connectivity index (χ2n) is 5.37. The van der Waals surface area contributed by atoms with Crippen LogP contribution in [0.4, 0.5) is 0 Å². The Balaban J connectivity index is 2.21. The highest BCUT2D eigenvalue weighted by atomic mass is 32.2. The molecule has 108 valence electrons. The molecular formula is C15H25NO2S. The van der Waals surface area contributed by atoms with Gasteiger partial charge in [-0.25, -0.2) is 0 Å². The Morgan fingerprint density at radius 1 is 1.32 bits per heavy atom. The van der Waals surface area contributed by atoms with Gasteiger partial charge in [0.05, 0.1) is 0 Å². The van der Waals surface area contributed by atoms with Gasteiger partial charge in [-0.2, -0.15) is 11.8 Å². The van der Waals surface area contributed by atoms with Crippen LogP contribution in [0.25, 0.3) is 0 Å². The van der Waals surface area contributed by atoms with Crippen molar-refractivity contribution in [3.05, 3.63) is 29.8 Å². The Bertz CT molecular complexity index is 365. The largest absolute Gasteiger partial charge is 0.491 e. The molecule has 0 aromatic heterocycles. The summed E-state index contributed by atoms with van der Waals surface area (Å²) in [7, 11) is 0. The van der Waals surface area contributed by atoms with Crippen LogP contribution in [-0.2, 0) is 0 Å². The average molecular weight is 283 g/mol. The number of nitrogens with one attached hydrogen (secondary N) is 1. The van der Waals surface area contributed by atoms with E-state index in [4.69, 9.17) is 4.74 Å². The molecule has 0 aliphatic heterocycles. The van der Waals surface area contributed by atoms with Crippen molar-refractivity contribution in [2.24, 2.45) is 0 Å². The van der Waals surface area contributed by atoms with E-state index < -0.39 is 6.10 Å². The zero-order valence-corrected chi connectivity index (χ0v) is 13.1. The summed E-state index contributed by atoms with van der Waals surface area (Å²) >= 11 is 1.81. The van der Waals surface area contributed by atoms with Crippen molar-refractivity contribution in [1.29, 1.82) is 0 Å². The van der Waals surface area contributed by atoms with E-state index >= 15 is 0 Å². The van der Waals surface area contributed by atoms with Crippen molar-refractivity contribution in [2.75, 3.05) is 26.0 Å². The van der Waals surface area contributed by atoms with Gasteiger partial charge in [0.2, 0.25) is 0 Å². The lowest BCUT2D eigenvalue weighted by atomic mass is 10.2. The van der Waals surface area contributed by atoms with Gasteiger partial charge in [0, 0.05) is 17.8 Å². The van der Waals surface area contributed by atoms with E-state index in [1.54, 1.807) is 0 Å². The third kappa shape index (κ3) is 6.85. The van der Waals surface area contributed by atoms with Crippen LogP contribution in [0.5, 0.6) is 5.75 Å². The lowest BCUT2D eigenvalue weighted by molar-refractivity contribution is 0.106. The third-order valence-corrected chi connectivity index (χ3v) is 4.20. The summed E-state index contributed by atoms with van der Waals surface area (Å²) in [6.45, 7) is 8.14. The number of rotatable bonds is 8. The molecular weight excluding hydrogens is 258 g/mol. The van der Waals surface area contributed by atoms with Crippen molar-refractivity contribution >= 4 is 11.8 Å². The molecule has 3 nitrogen and oxygen atoms in total. The molecule has 0 aliphatic rings. The zero-order chi connectivity index (χ0) is 14.3. The second kappa shape index (κ2) is 7.78. The van der Waals surface area contributed by atoms with Crippen LogP contribution in [0.1, 0.15) is 19.4 Å². The smallest absolute Gasteiger partial charge is 0.119 e. The standard InChI is InChI=1S/C15H25NO2S/c1-12-5-7-14(8-6-12)18-10-13(17)9-16-11-15(2,3)19-4/h5-8,13,16-17H,9-11H2,1-4H3. The van der Waals surface area contributed by atoms with Gasteiger partial charge in [-0.15, -0.1) is 0 Å². The van der Waals surface area contributed by atoms with Gasteiger partial charge in [-0.1, -0.05) is 17.7 Å². The van der Waals surface area contributed by atoms with Gasteiger partial charge in [0.25, 0.3) is 0 Å². The third-order valence-electron chi connectivity index (χ3n) is 2.95. The number of aliphatic hydroxyl groups is 1. The monoisotopic (exact) mass is 283 g/mol. The summed E-state index contributed by atoms with van der Waals surface area (Å²) in [5.74, 6) is 0.800. The number of benzene rings is 1. The molecule has 4 heteroatoms. The molecule has 0 saturated carbocycles. The normalized spacial score (nSPS) is 13.3. The molecule has 0 spiro atoms. The summed E-state index contributed by atoms with van der Waals surface area (Å²) in [5, 5.41) is 13.1. The maximum Gasteiger partial charge on any atom is 0.119 e. The molecule has 0 aliphatic carbocycles. The number of aliphatic hydroxyl groups excluding tert-OH is 1. The first-order chi connectivity index (χ1) is 8.93. The quantitative estimate of drug-likeness (QED) is 0.769. The maximum absolute atomic E-state index is 9.84. The first-order valence-corrected chi connectivity index (χ1v) is 7.79. The SMILES string of the molecule is CSC(C)(C)CNCC(O)COc1ccc(C)cc1. The van der Waals surface area contributed by atoms with Crippen LogP contribution in [-0.4, -0.2) is 41.9 Å². The Morgan fingerprint density at radius 3 is 2.53 bits per heavy atom. The molecule has 19 heavy (non-hydrogen) atoms. The van der Waals surface area contributed by atoms with Gasteiger partial charge >= 0.3 is 0 Å². The molecule has 0 bridgehead atoms. The first kappa shape index (κ1) is 16.3. The van der Waals surface area contributed by atoms with Crippen LogP contribution >= 0.6 is 11.8 Å². The van der Waals surface area contributed by atoms with E-state index in [0.29, 0.717) is 13.2 Å². The van der Waals surface area contributed by atoms with E-state index in [-0.39, 0.29) is 4.75 Å². The number of thioether (sulfide) groups is 1. The first-order valence-electron chi connectivity index (χ1n) is 6.56. The van der Waals surface area contributed by atoms with E-state index in [1.807, 2.05) is 43.0 Å². The summed E-state index contributed by atoms with van der Waals surface area (Å²) in [4.78, 5) is 0. The van der Waals surface area contributed by atoms with Crippen molar-refractivity contribution < 1.29 is 9.84 Å². The summed E-state index contributed by atoms with van der Waals surface area (Å²) in [5.41, 5.74) is 1.20. The summed E-state index contributed by atoms with van der Waals surface area (Å²) in [6.07, 6.45) is 1.61. The topological polar surface area (TPSA) is 41.5 Å². The van der Waals surface area contributed by atoms with E-state index in [1.165, 1.54) is 5.56 Å². The lowest BCUT2D eigenvalue weighted by Crippen LogP contribution is -2.38. The fraction of sp³-hybridized carbons (Fsp3) is 0.600. The molecule has 1 unspecified atom stereocenters. The molecule has 0 fully saturated rings. The van der Waals surface area contributed by atoms with Crippen molar-refractivity contribution in [3.63, 3.8) is 0 Å². The minimum Gasteiger partial charge on any atom is -0.491 e. The Morgan fingerprint density at radius 2 is 1.95 bits per heavy atom. The highest BCUT2D eigenvalue weighted by Crippen LogP contribution is 2.19. The van der Waals surface area contributed by atoms with Crippen LogP contribution in [0, 0.1) is 6.92 Å². The lowest BCUT2D eigenvalue weighted by Gasteiger charge is -2.23. The number of aryl methyl sites for hydroxylation is 1. The fourth-order valence-corrected chi connectivity index (χ4v) is 1.74. The van der Waals surface area contributed by atoms with Crippen molar-refractivity contribution in [3.8, 4) is 5.75 Å². The molecule has 1 rings (SSSR count). The minimum atomic E-state index is -0.487. The van der Waals surface area contributed by atoms with Crippen LogP contribution in [0.15, 0.2) is 24.3 Å². The predicted molar refractivity (Wildman–Crippen MR) is 83.1 cm³/mol. The fourth-order valence-electron chi connectivity index (χ4n) is 1.50. The van der Waals surface area contributed by atoms with Crippen molar-refractivity contribution in [1.82, 2.24) is 5.32 Å². The van der Waals surface area contributed by atoms with Gasteiger partial charge in [0.1, 0.15) is 18.5 Å². The minimum absolute atomic E-state index is 0.192. The number of ether oxygens (including phenoxy) is 1. The van der Waals surface area contributed by atoms with Gasteiger partial charge in [0.15, 0.2) is 0 Å². The van der Waals surface area contributed by atoms with Crippen LogP contribution < -0.4 is 10.1 Å². The van der Waals surface area contributed by atoms with E-state index in [9.17, 15) is 5.11 Å². The number of hydrogen-bond acceptors (Lipinski definition) is 4. The summed E-state index contributed by atoms with van der Waals surface area (Å²) in [6, 6.07) is 7.85. The molecule has 1 aromatic rings. The zero-order valence-electron chi connectivity index (χ0n) is 12.3. The average Bonchev–Trinajstić information content (AvgIpc) is 2.38. The van der Waals surface area contributed by atoms with Gasteiger partial charge in [-0.05, 0) is 39.2 Å². The highest BCUT2D eigenvalue weighted by molar-refractivity contribution is 7.99. The van der Waals surface area contributed by atoms with Gasteiger partial charge in [-0.3, -0.25) is 0 Å². The Labute approximate surface area is 120 Å². The van der Waals surface area contributed by atoms with E-state index in [2.05, 4.69) is 25.4 Å². The second-order valence-corrected chi connectivity index (χ2v) is 6.89. The Hall–Kier alpha value is -0.710. The maximum atomic E-state index is 9.84.